The molecule has 1 aromatic rings. The topological polar surface area (TPSA) is 127 Å². The lowest BCUT2D eigenvalue weighted by molar-refractivity contribution is -0.385. The molecule has 8 nitrogen and oxygen atoms in total. The van der Waals surface area contributed by atoms with Crippen LogP contribution in [0.4, 0.5) is 11.4 Å². The highest BCUT2D eigenvalue weighted by Gasteiger charge is 2.17. The number of anilines is 1. The van der Waals surface area contributed by atoms with Crippen LogP contribution in [0.2, 0.25) is 0 Å². The number of carboxylic acid groups (broad SMARTS) is 1. The molecule has 2 N–H and O–H groups in total. The Labute approximate surface area is 115 Å². The first-order valence-corrected chi connectivity index (χ1v) is 7.34. The van der Waals surface area contributed by atoms with Gasteiger partial charge in [-0.3, -0.25) is 19.6 Å². The lowest BCUT2D eigenvalue weighted by Gasteiger charge is -2.10. The van der Waals surface area contributed by atoms with Crippen molar-refractivity contribution >= 4 is 27.4 Å². The maximum absolute atomic E-state index is 11.7. The van der Waals surface area contributed by atoms with Crippen molar-refractivity contribution in [3.63, 3.8) is 0 Å². The van der Waals surface area contributed by atoms with Crippen molar-refractivity contribution in [2.75, 3.05) is 10.5 Å². The van der Waals surface area contributed by atoms with E-state index in [2.05, 4.69) is 4.72 Å². The third-order valence-electron chi connectivity index (χ3n) is 2.57. The van der Waals surface area contributed by atoms with Gasteiger partial charge in [0.1, 0.15) is 0 Å². The van der Waals surface area contributed by atoms with Crippen molar-refractivity contribution in [2.24, 2.45) is 0 Å². The number of hydrogen-bond acceptors (Lipinski definition) is 5. The lowest BCUT2D eigenvalue weighted by atomic mass is 10.2. The summed E-state index contributed by atoms with van der Waals surface area (Å²) in [4.78, 5) is 20.5. The molecule has 9 heteroatoms. The van der Waals surface area contributed by atoms with Crippen molar-refractivity contribution in [3.8, 4) is 0 Å². The molecule has 0 heterocycles. The van der Waals surface area contributed by atoms with Crippen LogP contribution in [-0.2, 0) is 14.8 Å². The van der Waals surface area contributed by atoms with E-state index in [9.17, 15) is 23.3 Å². The van der Waals surface area contributed by atoms with Gasteiger partial charge in [-0.1, -0.05) is 6.07 Å². The van der Waals surface area contributed by atoms with E-state index >= 15 is 0 Å². The Hall–Kier alpha value is -2.16. The van der Waals surface area contributed by atoms with Crippen LogP contribution in [0.5, 0.6) is 0 Å². The number of aliphatic carboxylic acids is 1. The minimum atomic E-state index is -3.73. The predicted octanol–water partition coefficient (Wildman–Crippen LogP) is 1.51. The minimum Gasteiger partial charge on any atom is -0.481 e. The lowest BCUT2D eigenvalue weighted by Crippen LogP contribution is -2.18. The van der Waals surface area contributed by atoms with Gasteiger partial charge in [-0.25, -0.2) is 8.42 Å². The number of rotatable bonds is 7. The molecule has 0 aliphatic rings. The van der Waals surface area contributed by atoms with E-state index in [1.807, 2.05) is 0 Å². The van der Waals surface area contributed by atoms with Crippen molar-refractivity contribution < 1.29 is 23.2 Å². The number of nitro benzene ring substituents is 1. The largest absolute Gasteiger partial charge is 0.481 e. The summed E-state index contributed by atoms with van der Waals surface area (Å²) in [6, 6.07) is 4.06. The first-order valence-electron chi connectivity index (χ1n) is 5.69. The van der Waals surface area contributed by atoms with Crippen LogP contribution in [0.25, 0.3) is 0 Å². The fourth-order valence-corrected chi connectivity index (χ4v) is 2.75. The molecule has 0 amide bonds. The third kappa shape index (κ3) is 4.50. The van der Waals surface area contributed by atoms with Gasteiger partial charge in [-0.05, 0) is 19.4 Å². The highest BCUT2D eigenvalue weighted by Crippen LogP contribution is 2.25. The van der Waals surface area contributed by atoms with Gasteiger partial charge in [0, 0.05) is 12.5 Å². The second kappa shape index (κ2) is 6.33. The molecule has 0 spiro atoms. The zero-order chi connectivity index (χ0) is 15.3. The average Bonchev–Trinajstić information content (AvgIpc) is 2.30. The molecule has 0 aliphatic heterocycles. The Kier molecular flexibility index (Phi) is 5.03. The molecule has 0 fully saturated rings. The second-order valence-corrected chi connectivity index (χ2v) is 5.97. The number of nitro groups is 1. The monoisotopic (exact) mass is 302 g/mol. The van der Waals surface area contributed by atoms with E-state index in [1.54, 1.807) is 0 Å². The number of benzene rings is 1. The highest BCUT2D eigenvalue weighted by atomic mass is 32.2. The van der Waals surface area contributed by atoms with Crippen LogP contribution in [-0.4, -0.2) is 30.2 Å². The number of sulfonamides is 1. The van der Waals surface area contributed by atoms with E-state index in [1.165, 1.54) is 25.1 Å². The van der Waals surface area contributed by atoms with Crippen LogP contribution in [0.15, 0.2) is 18.2 Å². The zero-order valence-corrected chi connectivity index (χ0v) is 11.5. The Morgan fingerprint density at radius 3 is 2.65 bits per heavy atom. The number of carboxylic acids is 1. The average molecular weight is 302 g/mol. The third-order valence-corrected chi connectivity index (χ3v) is 3.93. The number of nitrogens with zero attached hydrogens (tertiary/aromatic N) is 1. The first-order chi connectivity index (χ1) is 9.23. The van der Waals surface area contributed by atoms with Crippen LogP contribution in [0, 0.1) is 17.0 Å². The standard InChI is InChI=1S/C11H14N2O6S/c1-8-9(4-2-5-10(8)13(16)17)12-20(18,19)7-3-6-11(14)15/h2,4-5,12H,3,6-7H2,1H3,(H,14,15). The molecule has 0 radical (unpaired) electrons. The van der Waals surface area contributed by atoms with Gasteiger partial charge in [0.15, 0.2) is 0 Å². The smallest absolute Gasteiger partial charge is 0.303 e. The molecule has 0 saturated heterocycles. The highest BCUT2D eigenvalue weighted by molar-refractivity contribution is 7.92. The minimum absolute atomic E-state index is 0.0291. The molecule has 0 atom stereocenters. The van der Waals surface area contributed by atoms with E-state index < -0.39 is 20.9 Å². The van der Waals surface area contributed by atoms with Crippen molar-refractivity contribution in [3.05, 3.63) is 33.9 Å². The van der Waals surface area contributed by atoms with Crippen LogP contribution in [0.1, 0.15) is 18.4 Å². The van der Waals surface area contributed by atoms with Gasteiger partial charge in [0.25, 0.3) is 5.69 Å². The maximum Gasteiger partial charge on any atom is 0.303 e. The Balaban J connectivity index is 2.85. The van der Waals surface area contributed by atoms with Gasteiger partial charge in [-0.2, -0.15) is 0 Å². The summed E-state index contributed by atoms with van der Waals surface area (Å²) in [5.74, 6) is -1.44. The Morgan fingerprint density at radius 1 is 1.45 bits per heavy atom. The van der Waals surface area contributed by atoms with E-state index in [0.717, 1.165) is 0 Å². The Bertz CT molecular complexity index is 626. The molecule has 1 aromatic carbocycles. The molecule has 0 aliphatic carbocycles. The molecule has 0 aromatic heterocycles. The summed E-state index contributed by atoms with van der Waals surface area (Å²) < 4.78 is 25.7. The normalized spacial score (nSPS) is 11.1. The molecule has 1 rings (SSSR count). The summed E-state index contributed by atoms with van der Waals surface area (Å²) in [6.07, 6.45) is -0.284. The summed E-state index contributed by atoms with van der Waals surface area (Å²) >= 11 is 0. The van der Waals surface area contributed by atoms with Crippen molar-refractivity contribution in [1.82, 2.24) is 0 Å². The van der Waals surface area contributed by atoms with Crippen LogP contribution < -0.4 is 4.72 Å². The van der Waals surface area contributed by atoms with Crippen molar-refractivity contribution in [1.29, 1.82) is 0 Å². The molecule has 0 bridgehead atoms. The molecular formula is C11H14N2O6S. The maximum atomic E-state index is 11.7. The van der Waals surface area contributed by atoms with Gasteiger partial charge in [0.2, 0.25) is 10.0 Å². The molecule has 20 heavy (non-hydrogen) atoms. The molecular weight excluding hydrogens is 288 g/mol. The van der Waals surface area contributed by atoms with Crippen LogP contribution >= 0.6 is 0 Å². The molecule has 110 valence electrons. The van der Waals surface area contributed by atoms with Gasteiger partial charge >= 0.3 is 5.97 Å². The summed E-state index contributed by atoms with van der Waals surface area (Å²) in [5, 5.41) is 19.2. The van der Waals surface area contributed by atoms with Gasteiger partial charge < -0.3 is 5.11 Å². The first kappa shape index (κ1) is 15.9. The zero-order valence-electron chi connectivity index (χ0n) is 10.7. The van der Waals surface area contributed by atoms with Crippen molar-refractivity contribution in [2.45, 2.75) is 19.8 Å². The number of carbonyl (C=O) groups is 1. The quantitative estimate of drug-likeness (QED) is 0.580. The van der Waals surface area contributed by atoms with Gasteiger partial charge in [0.05, 0.1) is 21.9 Å². The summed E-state index contributed by atoms with van der Waals surface area (Å²) in [5.41, 5.74) is 0.143. The van der Waals surface area contributed by atoms with Crippen LogP contribution in [0.3, 0.4) is 0 Å². The van der Waals surface area contributed by atoms with E-state index in [4.69, 9.17) is 5.11 Å². The van der Waals surface area contributed by atoms with E-state index in [0.29, 0.717) is 0 Å². The summed E-state index contributed by atoms with van der Waals surface area (Å²) in [7, 11) is -3.73. The fraction of sp³-hybridized carbons (Fsp3) is 0.364. The number of hydrogen-bond donors (Lipinski definition) is 2. The van der Waals surface area contributed by atoms with Gasteiger partial charge in [-0.15, -0.1) is 0 Å². The summed E-state index contributed by atoms with van der Waals surface area (Å²) in [6.45, 7) is 1.44. The Morgan fingerprint density at radius 2 is 2.10 bits per heavy atom. The second-order valence-electron chi connectivity index (χ2n) is 4.13. The number of nitrogens with one attached hydrogen (secondary N) is 1. The molecule has 0 saturated carbocycles. The SMILES string of the molecule is Cc1c(NS(=O)(=O)CCCC(=O)O)cccc1[N+](=O)[O-]. The predicted molar refractivity (Wildman–Crippen MR) is 72.1 cm³/mol. The van der Waals surface area contributed by atoms with E-state index in [-0.39, 0.29) is 35.5 Å². The fourth-order valence-electron chi connectivity index (χ4n) is 1.56. The molecule has 0 unspecified atom stereocenters.